The highest BCUT2D eigenvalue weighted by molar-refractivity contribution is 8.16. The predicted octanol–water partition coefficient (Wildman–Crippen LogP) is 7.09. The molecular formula is C28H39NO3S. The summed E-state index contributed by atoms with van der Waals surface area (Å²) in [4.78, 5) is 22.1. The monoisotopic (exact) mass is 469 g/mol. The van der Waals surface area contributed by atoms with E-state index < -0.39 is 12.5 Å². The molecule has 0 saturated heterocycles. The summed E-state index contributed by atoms with van der Waals surface area (Å²) in [6.07, 6.45) is 16.2. The van der Waals surface area contributed by atoms with Crippen molar-refractivity contribution in [1.82, 2.24) is 0 Å². The van der Waals surface area contributed by atoms with Crippen LogP contribution in [-0.2, 0) is 9.59 Å². The second-order valence-corrected chi connectivity index (χ2v) is 9.40. The maximum Gasteiger partial charge on any atom is 0.250 e. The van der Waals surface area contributed by atoms with Crippen molar-refractivity contribution in [3.8, 4) is 0 Å². The van der Waals surface area contributed by atoms with Gasteiger partial charge in [0.2, 0.25) is 11.0 Å². The maximum atomic E-state index is 11.1. The fourth-order valence-electron chi connectivity index (χ4n) is 3.75. The molecule has 1 atom stereocenters. The standard InChI is InChI=1S/C13H15NO2.C13H20OS.C2H4/c1-3-10(4-2)11-5-7-12(8-6-11)14-13(16)9-15;1-2-3-4-5-6-7-8-13-10-11(13)9-12(14)15-13;1-2/h3-8,15H,1,9H2,2H3,(H,14,16);9H,2-8,10H2,1H3;1-2H2/b10-4+;;. The first-order chi connectivity index (χ1) is 16.0. The van der Waals surface area contributed by atoms with E-state index in [0.29, 0.717) is 15.5 Å². The Balaban J connectivity index is 0.000000307. The quantitative estimate of drug-likeness (QED) is 0.206. The zero-order valence-electron chi connectivity index (χ0n) is 20.2. The van der Waals surface area contributed by atoms with E-state index >= 15 is 0 Å². The van der Waals surface area contributed by atoms with Gasteiger partial charge in [-0.3, -0.25) is 9.59 Å². The van der Waals surface area contributed by atoms with Crippen LogP contribution in [0.5, 0.6) is 0 Å². The Bertz CT molecular complexity index is 841. The van der Waals surface area contributed by atoms with E-state index in [1.54, 1.807) is 30.0 Å². The lowest BCUT2D eigenvalue weighted by Gasteiger charge is -2.08. The first-order valence-corrected chi connectivity index (χ1v) is 12.5. The number of aliphatic hydroxyl groups is 1. The normalized spacial score (nSPS) is 18.1. The Kier molecular flexibility index (Phi) is 13.4. The molecule has 5 heteroatoms. The molecule has 4 nitrogen and oxygen atoms in total. The second kappa shape index (κ2) is 15.5. The summed E-state index contributed by atoms with van der Waals surface area (Å²) >= 11 is 1.58. The average Bonchev–Trinajstić information content (AvgIpc) is 3.39. The Hall–Kier alpha value is -2.37. The number of carbonyl (C=O) groups is 2. The van der Waals surface area contributed by atoms with E-state index in [-0.39, 0.29) is 0 Å². The molecule has 0 aromatic heterocycles. The van der Waals surface area contributed by atoms with Crippen LogP contribution in [0.15, 0.2) is 67.8 Å². The van der Waals surface area contributed by atoms with Gasteiger partial charge in [-0.25, -0.2) is 0 Å². The molecular weight excluding hydrogens is 430 g/mol. The number of anilines is 1. The van der Waals surface area contributed by atoms with Gasteiger partial charge in [0.15, 0.2) is 0 Å². The van der Waals surface area contributed by atoms with E-state index in [1.165, 1.54) is 56.9 Å². The summed E-state index contributed by atoms with van der Waals surface area (Å²) in [6.45, 7) is 13.4. The summed E-state index contributed by atoms with van der Waals surface area (Å²) in [6, 6.07) is 7.36. The first-order valence-electron chi connectivity index (χ1n) is 11.7. The lowest BCUT2D eigenvalue weighted by molar-refractivity contribution is -0.118. The third-order valence-electron chi connectivity index (χ3n) is 5.63. The molecule has 1 aromatic rings. The molecule has 1 saturated carbocycles. The molecule has 0 bridgehead atoms. The zero-order chi connectivity index (χ0) is 24.7. The van der Waals surface area contributed by atoms with E-state index in [1.807, 2.05) is 31.2 Å². The predicted molar refractivity (Wildman–Crippen MR) is 143 cm³/mol. The highest BCUT2D eigenvalue weighted by Gasteiger charge is 2.54. The van der Waals surface area contributed by atoms with Gasteiger partial charge in [0, 0.05) is 10.4 Å². The fraction of sp³-hybridized carbons (Fsp3) is 0.429. The number of rotatable bonds is 11. The van der Waals surface area contributed by atoms with Crippen molar-refractivity contribution in [1.29, 1.82) is 0 Å². The lowest BCUT2D eigenvalue weighted by atomic mass is 10.1. The molecule has 0 radical (unpaired) electrons. The van der Waals surface area contributed by atoms with E-state index in [2.05, 4.69) is 32.0 Å². The number of allylic oxidation sites excluding steroid dienone is 3. The fourth-order valence-corrected chi connectivity index (χ4v) is 5.00. The van der Waals surface area contributed by atoms with Crippen molar-refractivity contribution >= 4 is 34.0 Å². The molecule has 0 spiro atoms. The van der Waals surface area contributed by atoms with E-state index in [0.717, 1.165) is 11.1 Å². The number of thioether (sulfide) groups is 1. The number of benzene rings is 1. The Morgan fingerprint density at radius 1 is 1.15 bits per heavy atom. The van der Waals surface area contributed by atoms with E-state index in [4.69, 9.17) is 5.11 Å². The minimum atomic E-state index is -0.505. The van der Waals surface area contributed by atoms with Crippen LogP contribution in [0.3, 0.4) is 0 Å². The summed E-state index contributed by atoms with van der Waals surface area (Å²) in [5.74, 6) is -0.414. The van der Waals surface area contributed by atoms with Crippen LogP contribution in [0, 0.1) is 0 Å². The van der Waals surface area contributed by atoms with Crippen LogP contribution >= 0.6 is 11.8 Å². The molecule has 1 fully saturated rings. The van der Waals surface area contributed by atoms with Gasteiger partial charge in [0.25, 0.3) is 0 Å². The SMILES string of the molecule is C=C.C=C/C(=C\C)c1ccc(NC(=O)CO)cc1.CCCCCCCCC12CC1=CC(=O)S2. The molecule has 1 aliphatic carbocycles. The van der Waals surface area contributed by atoms with Gasteiger partial charge in [-0.15, -0.1) is 13.2 Å². The molecule has 1 aliphatic heterocycles. The maximum absolute atomic E-state index is 11.1. The van der Waals surface area contributed by atoms with Gasteiger partial charge in [0.1, 0.15) is 6.61 Å². The average molecular weight is 470 g/mol. The molecule has 1 aromatic carbocycles. The number of unbranched alkanes of at least 4 members (excludes halogenated alkanes) is 5. The second-order valence-electron chi connectivity index (χ2n) is 8.01. The minimum absolute atomic E-state index is 0.294. The summed E-state index contributed by atoms with van der Waals surface area (Å²) in [7, 11) is 0. The van der Waals surface area contributed by atoms with Crippen molar-refractivity contribution < 1.29 is 14.7 Å². The molecule has 3 rings (SSSR count). The van der Waals surface area contributed by atoms with Crippen molar-refractivity contribution in [2.45, 2.75) is 70.0 Å². The number of aliphatic hydroxyl groups excluding tert-OH is 1. The van der Waals surface area contributed by atoms with Gasteiger partial charge in [-0.1, -0.05) is 88.1 Å². The number of carbonyl (C=O) groups excluding carboxylic acids is 2. The van der Waals surface area contributed by atoms with Crippen LogP contribution in [0.4, 0.5) is 5.69 Å². The molecule has 33 heavy (non-hydrogen) atoms. The van der Waals surface area contributed by atoms with Crippen LogP contribution in [0.2, 0.25) is 0 Å². The van der Waals surface area contributed by atoms with Gasteiger partial charge < -0.3 is 10.4 Å². The molecule has 2 N–H and O–H groups in total. The Morgan fingerprint density at radius 2 is 1.79 bits per heavy atom. The van der Waals surface area contributed by atoms with Crippen molar-refractivity contribution in [2.75, 3.05) is 11.9 Å². The smallest absolute Gasteiger partial charge is 0.250 e. The third kappa shape index (κ3) is 9.56. The number of fused-ring (bicyclic) bond motifs is 1. The summed E-state index contributed by atoms with van der Waals surface area (Å²) in [5, 5.41) is 11.4. The van der Waals surface area contributed by atoms with Crippen LogP contribution in [-0.4, -0.2) is 27.5 Å². The van der Waals surface area contributed by atoms with Gasteiger partial charge in [-0.05, 0) is 54.7 Å². The summed E-state index contributed by atoms with van der Waals surface area (Å²) < 4.78 is 0.307. The molecule has 1 unspecified atom stereocenters. The highest BCUT2D eigenvalue weighted by atomic mass is 32.2. The minimum Gasteiger partial charge on any atom is -0.387 e. The third-order valence-corrected chi connectivity index (χ3v) is 6.96. The topological polar surface area (TPSA) is 66.4 Å². The van der Waals surface area contributed by atoms with Crippen LogP contribution < -0.4 is 5.32 Å². The molecule has 2 aliphatic rings. The lowest BCUT2D eigenvalue weighted by Crippen LogP contribution is -2.15. The Labute approximate surface area is 203 Å². The van der Waals surface area contributed by atoms with Crippen molar-refractivity contribution in [3.63, 3.8) is 0 Å². The van der Waals surface area contributed by atoms with E-state index in [9.17, 15) is 9.59 Å². The number of hydrogen-bond acceptors (Lipinski definition) is 4. The van der Waals surface area contributed by atoms with Gasteiger partial charge >= 0.3 is 0 Å². The van der Waals surface area contributed by atoms with Gasteiger partial charge in [-0.2, -0.15) is 0 Å². The zero-order valence-corrected chi connectivity index (χ0v) is 21.0. The van der Waals surface area contributed by atoms with Crippen LogP contribution in [0.25, 0.3) is 5.57 Å². The van der Waals surface area contributed by atoms with Crippen LogP contribution in [0.1, 0.15) is 70.8 Å². The van der Waals surface area contributed by atoms with Crippen molar-refractivity contribution in [3.05, 3.63) is 73.4 Å². The largest absolute Gasteiger partial charge is 0.387 e. The number of amides is 1. The van der Waals surface area contributed by atoms with Gasteiger partial charge in [0.05, 0.1) is 0 Å². The Morgan fingerprint density at radius 3 is 2.30 bits per heavy atom. The number of nitrogens with one attached hydrogen (secondary N) is 1. The first kappa shape index (κ1) is 28.7. The summed E-state index contributed by atoms with van der Waals surface area (Å²) in [5.41, 5.74) is 4.17. The van der Waals surface area contributed by atoms with Crippen molar-refractivity contribution in [2.24, 2.45) is 0 Å². The molecule has 180 valence electrons. The highest BCUT2D eigenvalue weighted by Crippen LogP contribution is 2.61. The molecule has 1 heterocycles. The molecule has 1 amide bonds. The number of hydrogen-bond donors (Lipinski definition) is 2.